The molecule has 0 fully saturated rings. The third kappa shape index (κ3) is 8.45. The summed E-state index contributed by atoms with van der Waals surface area (Å²) in [7, 11) is 3.40. The van der Waals surface area contributed by atoms with Crippen molar-refractivity contribution < 1.29 is 32.6 Å². The van der Waals surface area contributed by atoms with E-state index in [0.717, 1.165) is 5.56 Å². The van der Waals surface area contributed by atoms with Crippen LogP contribution in [0.15, 0.2) is 47.8 Å². The molecule has 2 aromatic carbocycles. The minimum Gasteiger partial charge on any atom is -0.490 e. The number of hydrogen-bond acceptors (Lipinski definition) is 8. The number of nitrogens with zero attached hydrogens (tertiary/aromatic N) is 3. The summed E-state index contributed by atoms with van der Waals surface area (Å²) in [5.41, 5.74) is 2.06. The number of nitrogens with one attached hydrogen (secondary N) is 1. The highest BCUT2D eigenvalue weighted by atomic mass is 32.1. The molecule has 1 N–H and O–H groups in total. The van der Waals surface area contributed by atoms with Gasteiger partial charge in [-0.25, -0.2) is 13.6 Å². The molecular formula is C31H34F2N4O5S. The summed E-state index contributed by atoms with van der Waals surface area (Å²) in [6.07, 6.45) is -0.282. The Morgan fingerprint density at radius 1 is 0.977 bits per heavy atom. The lowest BCUT2D eigenvalue weighted by Crippen LogP contribution is -2.34. The molecule has 43 heavy (non-hydrogen) atoms. The minimum atomic E-state index is -0.591. The summed E-state index contributed by atoms with van der Waals surface area (Å²) >= 11 is 1.17. The number of fused-ring (bicyclic) bond motifs is 1. The van der Waals surface area contributed by atoms with Crippen LogP contribution < -0.4 is 10.1 Å². The van der Waals surface area contributed by atoms with Crippen molar-refractivity contribution in [1.82, 2.24) is 20.4 Å². The van der Waals surface area contributed by atoms with Gasteiger partial charge in [0.05, 0.1) is 29.7 Å². The molecule has 0 aliphatic heterocycles. The Hall–Kier alpha value is -4.16. The molecule has 228 valence electrons. The van der Waals surface area contributed by atoms with Gasteiger partial charge >= 0.3 is 6.09 Å². The van der Waals surface area contributed by atoms with E-state index in [1.807, 2.05) is 12.1 Å². The van der Waals surface area contributed by atoms with E-state index >= 15 is 4.39 Å². The number of halogens is 2. The molecule has 4 aromatic rings. The van der Waals surface area contributed by atoms with Crippen LogP contribution in [0.3, 0.4) is 0 Å². The highest BCUT2D eigenvalue weighted by Crippen LogP contribution is 2.40. The average molecular weight is 613 g/mol. The molecule has 0 aliphatic rings. The normalized spacial score (nSPS) is 11.4. The molecule has 0 bridgehead atoms. The van der Waals surface area contributed by atoms with Gasteiger partial charge in [-0.1, -0.05) is 24.3 Å². The number of ether oxygens (including phenoxy) is 3. The monoisotopic (exact) mass is 612 g/mol. The van der Waals surface area contributed by atoms with E-state index in [2.05, 4.69) is 15.5 Å². The van der Waals surface area contributed by atoms with Gasteiger partial charge in [0, 0.05) is 43.2 Å². The average Bonchev–Trinajstić information content (AvgIpc) is 3.33. The molecule has 4 rings (SSSR count). The van der Waals surface area contributed by atoms with E-state index in [0.29, 0.717) is 32.6 Å². The van der Waals surface area contributed by atoms with Crippen LogP contribution in [0.1, 0.15) is 26.3 Å². The molecule has 2 amide bonds. The number of carbonyl (C=O) groups is 2. The van der Waals surface area contributed by atoms with Gasteiger partial charge in [-0.3, -0.25) is 4.79 Å². The molecule has 2 aromatic heterocycles. The van der Waals surface area contributed by atoms with Crippen molar-refractivity contribution in [2.75, 3.05) is 40.5 Å². The Labute approximate surface area is 252 Å². The molecule has 0 saturated carbocycles. The van der Waals surface area contributed by atoms with Crippen LogP contribution in [0.2, 0.25) is 0 Å². The number of benzene rings is 2. The van der Waals surface area contributed by atoms with E-state index < -0.39 is 23.3 Å². The first-order chi connectivity index (χ1) is 20.4. The van der Waals surface area contributed by atoms with Crippen LogP contribution in [0, 0.1) is 11.6 Å². The third-order valence-corrected chi connectivity index (χ3v) is 7.09. The van der Waals surface area contributed by atoms with Gasteiger partial charge in [-0.2, -0.15) is 0 Å². The maximum absolute atomic E-state index is 15.1. The number of likely N-dealkylation sites (N-methyl/N-ethyl adjacent to an activating group) is 1. The highest BCUT2D eigenvalue weighted by molar-refractivity contribution is 7.17. The first-order valence-electron chi connectivity index (χ1n) is 13.6. The minimum absolute atomic E-state index is 0.0257. The molecule has 0 atom stereocenters. The van der Waals surface area contributed by atoms with Crippen LogP contribution in [0.25, 0.3) is 32.6 Å². The van der Waals surface area contributed by atoms with E-state index in [9.17, 15) is 14.0 Å². The molecule has 12 heteroatoms. The number of thiophene rings is 1. The molecular weight excluding hydrogens is 578 g/mol. The first kappa shape index (κ1) is 31.8. The summed E-state index contributed by atoms with van der Waals surface area (Å²) in [5.74, 6) is -0.770. The number of alkyl carbamates (subject to hydrolysis) is 1. The largest absolute Gasteiger partial charge is 0.490 e. The molecule has 9 nitrogen and oxygen atoms in total. The van der Waals surface area contributed by atoms with Gasteiger partial charge in [0.2, 0.25) is 5.91 Å². The SMILES string of the molecule is CN(C)C(=O)Cc1ccc(-c2nnc(-c3ccc(F)cc3OCCOCCNC(=O)OC(C)(C)C)c3scc(F)c23)cc1. The fraction of sp³-hybridized carbons (Fsp3) is 0.355. The Bertz CT molecular complexity index is 1590. The number of aromatic nitrogens is 2. The van der Waals surface area contributed by atoms with Gasteiger partial charge in [-0.15, -0.1) is 21.5 Å². The molecule has 0 saturated heterocycles. The predicted octanol–water partition coefficient (Wildman–Crippen LogP) is 5.85. The fourth-order valence-electron chi connectivity index (χ4n) is 4.08. The van der Waals surface area contributed by atoms with Crippen molar-refractivity contribution in [3.05, 3.63) is 65.0 Å². The van der Waals surface area contributed by atoms with Crippen molar-refractivity contribution in [2.24, 2.45) is 0 Å². The van der Waals surface area contributed by atoms with Crippen molar-refractivity contribution in [3.8, 4) is 28.3 Å². The van der Waals surface area contributed by atoms with Gasteiger partial charge in [0.25, 0.3) is 0 Å². The lowest BCUT2D eigenvalue weighted by atomic mass is 10.0. The lowest BCUT2D eigenvalue weighted by Gasteiger charge is -2.19. The highest BCUT2D eigenvalue weighted by Gasteiger charge is 2.21. The van der Waals surface area contributed by atoms with Gasteiger partial charge < -0.3 is 24.4 Å². The summed E-state index contributed by atoms with van der Waals surface area (Å²) in [6.45, 7) is 6.08. The topological polar surface area (TPSA) is 103 Å². The van der Waals surface area contributed by atoms with E-state index in [1.165, 1.54) is 39.8 Å². The zero-order valence-electron chi connectivity index (χ0n) is 24.7. The second-order valence-corrected chi connectivity index (χ2v) is 11.8. The van der Waals surface area contributed by atoms with Crippen LogP contribution in [0.4, 0.5) is 13.6 Å². The van der Waals surface area contributed by atoms with Gasteiger partial charge in [0.15, 0.2) is 0 Å². The van der Waals surface area contributed by atoms with Crippen molar-refractivity contribution in [2.45, 2.75) is 32.8 Å². The van der Waals surface area contributed by atoms with E-state index in [1.54, 1.807) is 47.0 Å². The summed E-state index contributed by atoms with van der Waals surface area (Å²) in [6, 6.07) is 11.2. The van der Waals surface area contributed by atoms with E-state index in [-0.39, 0.29) is 44.4 Å². The van der Waals surface area contributed by atoms with Crippen molar-refractivity contribution in [1.29, 1.82) is 0 Å². The quantitative estimate of drug-likeness (QED) is 0.212. The molecule has 0 radical (unpaired) electrons. The smallest absolute Gasteiger partial charge is 0.407 e. The first-order valence-corrected chi connectivity index (χ1v) is 14.5. The Morgan fingerprint density at radius 3 is 2.40 bits per heavy atom. The molecule has 0 unspecified atom stereocenters. The predicted molar refractivity (Wildman–Crippen MR) is 161 cm³/mol. The van der Waals surface area contributed by atoms with Gasteiger partial charge in [0.1, 0.15) is 41.0 Å². The third-order valence-electron chi connectivity index (χ3n) is 6.13. The maximum Gasteiger partial charge on any atom is 0.407 e. The second kappa shape index (κ2) is 13.9. The van der Waals surface area contributed by atoms with Crippen LogP contribution in [-0.4, -0.2) is 73.2 Å². The van der Waals surface area contributed by atoms with Crippen LogP contribution in [-0.2, 0) is 20.7 Å². The number of hydrogen-bond donors (Lipinski definition) is 1. The Kier molecular flexibility index (Phi) is 10.3. The number of rotatable bonds is 11. The maximum atomic E-state index is 15.1. The lowest BCUT2D eigenvalue weighted by molar-refractivity contribution is -0.127. The summed E-state index contributed by atoms with van der Waals surface area (Å²) in [5, 5.41) is 13.0. The second-order valence-electron chi connectivity index (χ2n) is 10.9. The van der Waals surface area contributed by atoms with E-state index in [4.69, 9.17) is 14.2 Å². The zero-order chi connectivity index (χ0) is 31.1. The Morgan fingerprint density at radius 2 is 1.70 bits per heavy atom. The standard InChI is InChI=1S/C31H34F2N4O5S/c1-31(2,3)42-30(39)34-12-13-40-14-15-41-24-17-21(32)10-11-22(24)28-29-26(23(33)18-43-29)27(35-36-28)20-8-6-19(7-9-20)16-25(38)37(4)5/h6-11,17-18H,12-16H2,1-5H3,(H,34,39). The molecule has 2 heterocycles. The summed E-state index contributed by atoms with van der Waals surface area (Å²) < 4.78 is 46.4. The van der Waals surface area contributed by atoms with Crippen LogP contribution in [0.5, 0.6) is 5.75 Å². The van der Waals surface area contributed by atoms with Gasteiger partial charge in [-0.05, 0) is 38.5 Å². The summed E-state index contributed by atoms with van der Waals surface area (Å²) in [4.78, 5) is 25.3. The van der Waals surface area contributed by atoms with Crippen molar-refractivity contribution in [3.63, 3.8) is 0 Å². The molecule has 0 aliphatic carbocycles. The number of amides is 2. The van der Waals surface area contributed by atoms with Crippen molar-refractivity contribution >= 4 is 33.4 Å². The Balaban J connectivity index is 1.47. The fourth-order valence-corrected chi connectivity index (χ4v) is 5.00. The number of carbonyl (C=O) groups excluding carboxylic acids is 2. The zero-order valence-corrected chi connectivity index (χ0v) is 25.5. The molecule has 0 spiro atoms. The van der Waals surface area contributed by atoms with Crippen LogP contribution >= 0.6 is 11.3 Å².